The Balaban J connectivity index is 1.42. The van der Waals surface area contributed by atoms with Crippen LogP contribution in [0.15, 0.2) is 30.5 Å². The number of rotatable bonds is 7. The number of carbonyl (C=O) groups is 1. The van der Waals surface area contributed by atoms with Crippen LogP contribution in [-0.4, -0.2) is 22.3 Å². The summed E-state index contributed by atoms with van der Waals surface area (Å²) < 4.78 is 7.63. The van der Waals surface area contributed by atoms with Crippen molar-refractivity contribution in [2.75, 3.05) is 11.9 Å². The topological polar surface area (TPSA) is 56.1 Å². The van der Waals surface area contributed by atoms with Crippen molar-refractivity contribution in [3.05, 3.63) is 41.0 Å². The summed E-state index contributed by atoms with van der Waals surface area (Å²) in [6.07, 6.45) is 7.57. The summed E-state index contributed by atoms with van der Waals surface area (Å²) in [6, 6.07) is 7.85. The molecule has 2 aromatic rings. The largest absolute Gasteiger partial charge is 0.494 e. The van der Waals surface area contributed by atoms with Crippen LogP contribution < -0.4 is 10.1 Å². The maximum atomic E-state index is 12.2. The highest BCUT2D eigenvalue weighted by Crippen LogP contribution is 2.31. The standard InChI is InChI=1S/C19H24ClN3O2/c1-14-13-16(8-9-17(14)20)25-12-4-7-19(24)22-18-10-11-21-23(18)15-5-2-3-6-15/h8-11,13,15H,2-7,12H2,1H3,(H,22,24). The van der Waals surface area contributed by atoms with E-state index in [9.17, 15) is 4.79 Å². The number of halogens is 1. The molecule has 134 valence electrons. The van der Waals surface area contributed by atoms with E-state index in [4.69, 9.17) is 16.3 Å². The molecule has 1 heterocycles. The molecule has 0 saturated heterocycles. The van der Waals surface area contributed by atoms with Crippen molar-refractivity contribution in [3.8, 4) is 5.75 Å². The Hall–Kier alpha value is -2.01. The molecule has 0 aliphatic heterocycles. The van der Waals surface area contributed by atoms with Gasteiger partial charge in [0.05, 0.1) is 18.8 Å². The van der Waals surface area contributed by atoms with E-state index in [1.165, 1.54) is 12.8 Å². The molecule has 0 atom stereocenters. The Morgan fingerprint density at radius 2 is 2.16 bits per heavy atom. The monoisotopic (exact) mass is 361 g/mol. The predicted molar refractivity (Wildman–Crippen MR) is 99.3 cm³/mol. The fourth-order valence-corrected chi connectivity index (χ4v) is 3.31. The van der Waals surface area contributed by atoms with E-state index < -0.39 is 0 Å². The second kappa shape index (κ2) is 8.39. The van der Waals surface area contributed by atoms with E-state index >= 15 is 0 Å². The zero-order valence-corrected chi connectivity index (χ0v) is 15.3. The van der Waals surface area contributed by atoms with Gasteiger partial charge < -0.3 is 10.1 Å². The number of ether oxygens (including phenoxy) is 1. The van der Waals surface area contributed by atoms with Crippen molar-refractivity contribution >= 4 is 23.3 Å². The van der Waals surface area contributed by atoms with Crippen LogP contribution in [0.4, 0.5) is 5.82 Å². The molecule has 0 bridgehead atoms. The zero-order valence-electron chi connectivity index (χ0n) is 14.5. The maximum Gasteiger partial charge on any atom is 0.225 e. The third-order valence-electron chi connectivity index (χ3n) is 4.55. The lowest BCUT2D eigenvalue weighted by Crippen LogP contribution is -2.18. The van der Waals surface area contributed by atoms with Crippen molar-refractivity contribution in [1.29, 1.82) is 0 Å². The van der Waals surface area contributed by atoms with Gasteiger partial charge in [-0.2, -0.15) is 5.10 Å². The summed E-state index contributed by atoms with van der Waals surface area (Å²) in [5, 5.41) is 8.07. The quantitative estimate of drug-likeness (QED) is 0.723. The molecule has 0 unspecified atom stereocenters. The van der Waals surface area contributed by atoms with Crippen LogP contribution in [-0.2, 0) is 4.79 Å². The van der Waals surface area contributed by atoms with Gasteiger partial charge in [0.25, 0.3) is 0 Å². The molecule has 25 heavy (non-hydrogen) atoms. The molecule has 5 nitrogen and oxygen atoms in total. The van der Waals surface area contributed by atoms with Crippen molar-refractivity contribution in [2.24, 2.45) is 0 Å². The highest BCUT2D eigenvalue weighted by molar-refractivity contribution is 6.31. The maximum absolute atomic E-state index is 12.2. The summed E-state index contributed by atoms with van der Waals surface area (Å²) in [7, 11) is 0. The normalized spacial score (nSPS) is 14.6. The molecule has 1 aliphatic rings. The lowest BCUT2D eigenvalue weighted by atomic mass is 10.2. The molecule has 0 radical (unpaired) electrons. The fourth-order valence-electron chi connectivity index (χ4n) is 3.19. The smallest absolute Gasteiger partial charge is 0.225 e. The number of hydrogen-bond donors (Lipinski definition) is 1. The first-order valence-electron chi connectivity index (χ1n) is 8.86. The van der Waals surface area contributed by atoms with Gasteiger partial charge in [0.2, 0.25) is 5.91 Å². The average molecular weight is 362 g/mol. The van der Waals surface area contributed by atoms with Gasteiger partial charge >= 0.3 is 0 Å². The molecule has 3 rings (SSSR count). The third kappa shape index (κ3) is 4.75. The first-order valence-corrected chi connectivity index (χ1v) is 9.23. The number of aryl methyl sites for hydroxylation is 1. The van der Waals surface area contributed by atoms with Gasteiger partial charge in [-0.15, -0.1) is 0 Å². The summed E-state index contributed by atoms with van der Waals surface area (Å²) in [6.45, 7) is 2.44. The number of aromatic nitrogens is 2. The molecular formula is C19H24ClN3O2. The summed E-state index contributed by atoms with van der Waals surface area (Å²) in [5.41, 5.74) is 0.983. The Bertz CT molecular complexity index is 723. The van der Waals surface area contributed by atoms with Crippen LogP contribution in [0.25, 0.3) is 0 Å². The number of carbonyl (C=O) groups excluding carboxylic acids is 1. The number of nitrogens with one attached hydrogen (secondary N) is 1. The van der Waals surface area contributed by atoms with E-state index in [0.29, 0.717) is 25.5 Å². The number of hydrogen-bond acceptors (Lipinski definition) is 3. The molecule has 1 aliphatic carbocycles. The lowest BCUT2D eigenvalue weighted by molar-refractivity contribution is -0.116. The van der Waals surface area contributed by atoms with E-state index in [1.54, 1.807) is 6.20 Å². The number of amides is 1. The number of benzene rings is 1. The second-order valence-electron chi connectivity index (χ2n) is 6.51. The summed E-state index contributed by atoms with van der Waals surface area (Å²) in [5.74, 6) is 1.57. The highest BCUT2D eigenvalue weighted by Gasteiger charge is 2.20. The molecule has 1 amide bonds. The van der Waals surface area contributed by atoms with Gasteiger partial charge in [-0.05, 0) is 49.9 Å². The van der Waals surface area contributed by atoms with Gasteiger partial charge in [-0.25, -0.2) is 4.68 Å². The Morgan fingerprint density at radius 3 is 2.92 bits per heavy atom. The van der Waals surface area contributed by atoms with E-state index in [0.717, 1.165) is 35.0 Å². The third-order valence-corrected chi connectivity index (χ3v) is 4.98. The second-order valence-corrected chi connectivity index (χ2v) is 6.92. The molecule has 1 aromatic heterocycles. The summed E-state index contributed by atoms with van der Waals surface area (Å²) in [4.78, 5) is 12.2. The van der Waals surface area contributed by atoms with Crippen LogP contribution >= 0.6 is 11.6 Å². The molecule has 0 spiro atoms. The minimum absolute atomic E-state index is 0.00404. The van der Waals surface area contributed by atoms with Crippen LogP contribution in [0.5, 0.6) is 5.75 Å². The van der Waals surface area contributed by atoms with Gasteiger partial charge in [-0.1, -0.05) is 24.4 Å². The first kappa shape index (κ1) is 17.8. The number of anilines is 1. The Kier molecular flexibility index (Phi) is 5.97. The molecule has 1 aromatic carbocycles. The van der Waals surface area contributed by atoms with Gasteiger partial charge in [0, 0.05) is 17.5 Å². The Labute approximate surface area is 153 Å². The lowest BCUT2D eigenvalue weighted by Gasteiger charge is -2.14. The van der Waals surface area contributed by atoms with E-state index in [-0.39, 0.29) is 5.91 Å². The van der Waals surface area contributed by atoms with Gasteiger partial charge in [-0.3, -0.25) is 4.79 Å². The van der Waals surface area contributed by atoms with Crippen LogP contribution in [0.1, 0.15) is 50.1 Å². The van der Waals surface area contributed by atoms with E-state index in [2.05, 4.69) is 10.4 Å². The molecule has 1 fully saturated rings. The van der Waals surface area contributed by atoms with Crippen molar-refractivity contribution in [1.82, 2.24) is 9.78 Å². The summed E-state index contributed by atoms with van der Waals surface area (Å²) >= 11 is 6.00. The fraction of sp³-hybridized carbons (Fsp3) is 0.474. The molecule has 1 N–H and O–H groups in total. The van der Waals surface area contributed by atoms with E-state index in [1.807, 2.05) is 35.9 Å². The molecule has 1 saturated carbocycles. The minimum atomic E-state index is -0.00404. The van der Waals surface area contributed by atoms with Crippen LogP contribution in [0, 0.1) is 6.92 Å². The van der Waals surface area contributed by atoms with Crippen molar-refractivity contribution in [2.45, 2.75) is 51.5 Å². The van der Waals surface area contributed by atoms with Gasteiger partial charge in [0.1, 0.15) is 11.6 Å². The molecular weight excluding hydrogens is 338 g/mol. The highest BCUT2D eigenvalue weighted by atomic mass is 35.5. The SMILES string of the molecule is Cc1cc(OCCCC(=O)Nc2ccnn2C2CCCC2)ccc1Cl. The van der Waals surface area contributed by atoms with Crippen molar-refractivity contribution < 1.29 is 9.53 Å². The van der Waals surface area contributed by atoms with Crippen LogP contribution in [0.3, 0.4) is 0 Å². The van der Waals surface area contributed by atoms with Crippen LogP contribution in [0.2, 0.25) is 5.02 Å². The number of nitrogens with zero attached hydrogens (tertiary/aromatic N) is 2. The Morgan fingerprint density at radius 1 is 1.36 bits per heavy atom. The average Bonchev–Trinajstić information content (AvgIpc) is 3.26. The zero-order chi connectivity index (χ0) is 17.6. The van der Waals surface area contributed by atoms with Gasteiger partial charge in [0.15, 0.2) is 0 Å². The first-order chi connectivity index (χ1) is 12.1. The molecule has 6 heteroatoms. The van der Waals surface area contributed by atoms with Crippen molar-refractivity contribution in [3.63, 3.8) is 0 Å². The predicted octanol–water partition coefficient (Wildman–Crippen LogP) is 4.76. The minimum Gasteiger partial charge on any atom is -0.494 e.